The third-order valence-electron chi connectivity index (χ3n) is 9.56. The van der Waals surface area contributed by atoms with E-state index >= 15 is 0 Å². The first kappa shape index (κ1) is 36.9. The van der Waals surface area contributed by atoms with Crippen molar-refractivity contribution in [2.24, 2.45) is 0 Å². The smallest absolute Gasteiger partial charge is 0.188 e. The van der Waals surface area contributed by atoms with E-state index in [2.05, 4.69) is 24.3 Å². The molecule has 0 radical (unpaired) electrons. The molecule has 4 heterocycles. The average Bonchev–Trinajstić information content (AvgIpc) is 3.77. The van der Waals surface area contributed by atoms with E-state index in [0.717, 1.165) is 16.7 Å². The topological polar surface area (TPSA) is 92.3 Å². The van der Waals surface area contributed by atoms with Gasteiger partial charge in [0.1, 0.15) is 36.6 Å². The second-order valence-electron chi connectivity index (χ2n) is 14.3. The average molecular weight is 723 g/mol. The summed E-state index contributed by atoms with van der Waals surface area (Å²) in [7, 11) is 1.64. The van der Waals surface area contributed by atoms with Gasteiger partial charge < -0.3 is 47.4 Å². The highest BCUT2D eigenvalue weighted by molar-refractivity contribution is 8.00. The normalized spacial score (nSPS) is 34.1. The summed E-state index contributed by atoms with van der Waals surface area (Å²) in [5, 5.41) is -0.130. The molecule has 276 valence electrons. The Balaban J connectivity index is 1.16. The molecule has 4 aliphatic rings. The minimum absolute atomic E-state index is 0.130. The van der Waals surface area contributed by atoms with Crippen molar-refractivity contribution in [1.29, 1.82) is 0 Å². The molecule has 51 heavy (non-hydrogen) atoms. The molecule has 0 unspecified atom stereocenters. The zero-order chi connectivity index (χ0) is 35.4. The number of fused-ring (bicyclic) bond motifs is 1. The molecule has 7 rings (SSSR count). The van der Waals surface area contributed by atoms with E-state index in [-0.39, 0.29) is 23.6 Å². The summed E-state index contributed by atoms with van der Waals surface area (Å²) < 4.78 is 64.4. The maximum absolute atomic E-state index is 6.82. The first-order chi connectivity index (χ1) is 24.7. The molecule has 0 N–H and O–H groups in total. The second kappa shape index (κ2) is 16.3. The molecule has 0 aliphatic carbocycles. The van der Waals surface area contributed by atoms with Crippen molar-refractivity contribution in [1.82, 2.24) is 0 Å². The van der Waals surface area contributed by atoms with Gasteiger partial charge in [-0.15, -0.1) is 11.8 Å². The second-order valence-corrected chi connectivity index (χ2v) is 15.5. The Bertz CT molecular complexity index is 1510. The molecule has 3 aromatic rings. The van der Waals surface area contributed by atoms with Crippen LogP contribution >= 0.6 is 11.8 Å². The van der Waals surface area contributed by atoms with E-state index in [1.165, 1.54) is 0 Å². The van der Waals surface area contributed by atoms with Crippen LogP contribution < -0.4 is 0 Å². The number of ether oxygens (including phenoxy) is 10. The van der Waals surface area contributed by atoms with Crippen LogP contribution in [0.15, 0.2) is 91.0 Å². The third-order valence-corrected chi connectivity index (χ3v) is 11.0. The van der Waals surface area contributed by atoms with Crippen LogP contribution in [-0.4, -0.2) is 91.6 Å². The van der Waals surface area contributed by atoms with Gasteiger partial charge in [-0.05, 0) is 44.4 Å². The largest absolute Gasteiger partial charge is 0.368 e. The summed E-state index contributed by atoms with van der Waals surface area (Å²) in [4.78, 5) is 0. The van der Waals surface area contributed by atoms with Crippen LogP contribution in [0, 0.1) is 0 Å². The number of methoxy groups -OCH3 is 1. The minimum Gasteiger partial charge on any atom is -0.368 e. The third kappa shape index (κ3) is 9.05. The van der Waals surface area contributed by atoms with E-state index in [1.807, 2.05) is 94.4 Å². The van der Waals surface area contributed by atoms with Crippen LogP contribution in [0.4, 0.5) is 0 Å². The van der Waals surface area contributed by atoms with Crippen LogP contribution in [0.25, 0.3) is 0 Å². The van der Waals surface area contributed by atoms with Crippen LogP contribution in [0.3, 0.4) is 0 Å². The number of hydrogen-bond donors (Lipinski definition) is 0. The Kier molecular flexibility index (Phi) is 11.8. The summed E-state index contributed by atoms with van der Waals surface area (Å²) in [5.41, 5.74) is 3.14. The van der Waals surface area contributed by atoms with E-state index in [9.17, 15) is 0 Å². The van der Waals surface area contributed by atoms with Gasteiger partial charge >= 0.3 is 0 Å². The van der Waals surface area contributed by atoms with Crippen LogP contribution in [0.1, 0.15) is 44.4 Å². The maximum atomic E-state index is 6.82. The van der Waals surface area contributed by atoms with Gasteiger partial charge in [-0.3, -0.25) is 0 Å². The first-order valence-corrected chi connectivity index (χ1v) is 18.8. The zero-order valence-corrected chi connectivity index (χ0v) is 30.8. The van der Waals surface area contributed by atoms with Crippen molar-refractivity contribution >= 4 is 11.8 Å². The summed E-state index contributed by atoms with van der Waals surface area (Å²) in [6.45, 7) is 9.19. The van der Waals surface area contributed by atoms with Crippen molar-refractivity contribution in [3.8, 4) is 0 Å². The summed E-state index contributed by atoms with van der Waals surface area (Å²) >= 11 is 1.71. The molecule has 0 spiro atoms. The molecule has 4 aliphatic heterocycles. The number of thioether (sulfide) groups is 1. The molecule has 10 atom stereocenters. The highest BCUT2D eigenvalue weighted by Crippen LogP contribution is 2.46. The number of rotatable bonds is 14. The van der Waals surface area contributed by atoms with Crippen molar-refractivity contribution in [2.75, 3.05) is 19.5 Å². The number of hydrogen-bond acceptors (Lipinski definition) is 11. The van der Waals surface area contributed by atoms with Crippen LogP contribution in [0.5, 0.6) is 0 Å². The molecule has 4 saturated heterocycles. The lowest BCUT2D eigenvalue weighted by Crippen LogP contribution is -2.61. The SMILES string of the molecule is CO[C@H]1O[C@H](CS[C@@H]2[C@H]3OC(C)(C)O[C@H]3O[C@@H]2[C@H]2COC(C)(C)O2)[C@@H](OCc2ccccc2)[C@H](OCc2ccccc2)[C@@H]1OCc1ccccc1. The lowest BCUT2D eigenvalue weighted by Gasteiger charge is -2.46. The molecule has 4 fully saturated rings. The van der Waals surface area contributed by atoms with Gasteiger partial charge in [-0.1, -0.05) is 91.0 Å². The Morgan fingerprint density at radius 1 is 0.627 bits per heavy atom. The van der Waals surface area contributed by atoms with Crippen molar-refractivity contribution < 1.29 is 47.4 Å². The fourth-order valence-corrected chi connectivity index (χ4v) is 8.63. The Hall–Kier alpha value is -2.39. The fraction of sp³-hybridized carbons (Fsp3) is 0.550. The molecule has 3 aromatic carbocycles. The van der Waals surface area contributed by atoms with Crippen LogP contribution in [-0.2, 0) is 67.2 Å². The summed E-state index contributed by atoms with van der Waals surface area (Å²) in [6, 6.07) is 30.3. The van der Waals surface area contributed by atoms with Crippen molar-refractivity contribution in [3.63, 3.8) is 0 Å². The van der Waals surface area contributed by atoms with Gasteiger partial charge in [0.05, 0.1) is 37.8 Å². The lowest BCUT2D eigenvalue weighted by molar-refractivity contribution is -0.313. The Morgan fingerprint density at radius 3 is 1.71 bits per heavy atom. The fourth-order valence-electron chi connectivity index (χ4n) is 7.15. The predicted molar refractivity (Wildman–Crippen MR) is 191 cm³/mol. The van der Waals surface area contributed by atoms with Gasteiger partial charge in [0.15, 0.2) is 24.2 Å². The van der Waals surface area contributed by atoms with Gasteiger partial charge in [0, 0.05) is 12.9 Å². The van der Waals surface area contributed by atoms with Crippen molar-refractivity contribution in [2.45, 2.75) is 120 Å². The highest BCUT2D eigenvalue weighted by atomic mass is 32.2. The molecule has 0 aromatic heterocycles. The van der Waals surface area contributed by atoms with E-state index < -0.39 is 48.6 Å². The van der Waals surface area contributed by atoms with Gasteiger partial charge in [-0.25, -0.2) is 0 Å². The molecular weight excluding hydrogens is 672 g/mol. The van der Waals surface area contributed by atoms with Gasteiger partial charge in [-0.2, -0.15) is 0 Å². The summed E-state index contributed by atoms with van der Waals surface area (Å²) in [6.07, 6.45) is -4.18. The minimum atomic E-state index is -0.769. The quantitative estimate of drug-likeness (QED) is 0.189. The standard InChI is InChI=1S/C40H50O10S/c1-39(2)45-24-29(48-39)32-36(35-38(47-32)50-40(3,4)49-35)51-25-30-31(42-21-26-15-9-6-10-16-26)33(43-22-27-17-11-7-12-18-27)34(37(41-5)46-30)44-23-28-19-13-8-14-20-28/h6-20,29-38H,21-25H2,1-5H3/t29-,30-,31-,32-,33+,34+,35-,36+,37+,38-/m1/s1. The maximum Gasteiger partial charge on any atom is 0.188 e. The Labute approximate surface area is 305 Å². The summed E-state index contributed by atoms with van der Waals surface area (Å²) in [5.74, 6) is -0.937. The first-order valence-electron chi connectivity index (χ1n) is 17.8. The van der Waals surface area contributed by atoms with E-state index in [0.29, 0.717) is 32.2 Å². The predicted octanol–water partition coefficient (Wildman–Crippen LogP) is 6.24. The lowest BCUT2D eigenvalue weighted by atomic mass is 9.98. The number of benzene rings is 3. The monoisotopic (exact) mass is 722 g/mol. The van der Waals surface area contributed by atoms with Gasteiger partial charge in [0.25, 0.3) is 0 Å². The van der Waals surface area contributed by atoms with E-state index in [1.54, 1.807) is 18.9 Å². The van der Waals surface area contributed by atoms with Gasteiger partial charge in [0.2, 0.25) is 0 Å². The molecule has 10 nitrogen and oxygen atoms in total. The zero-order valence-electron chi connectivity index (χ0n) is 30.0. The van der Waals surface area contributed by atoms with E-state index in [4.69, 9.17) is 47.4 Å². The van der Waals surface area contributed by atoms with Crippen LogP contribution in [0.2, 0.25) is 0 Å². The highest BCUT2D eigenvalue weighted by Gasteiger charge is 2.59. The Morgan fingerprint density at radius 2 is 1.18 bits per heavy atom. The van der Waals surface area contributed by atoms with Crippen molar-refractivity contribution in [3.05, 3.63) is 108 Å². The molecule has 11 heteroatoms. The molecule has 0 bridgehead atoms. The molecular formula is C40H50O10S. The molecule has 0 amide bonds. The molecule has 0 saturated carbocycles.